The summed E-state index contributed by atoms with van der Waals surface area (Å²) in [6.07, 6.45) is 3.97. The molecule has 2 N–H and O–H groups in total. The van der Waals surface area contributed by atoms with Crippen molar-refractivity contribution in [1.29, 1.82) is 5.26 Å². The molecule has 0 bridgehead atoms. The van der Waals surface area contributed by atoms with Crippen LogP contribution in [0.5, 0.6) is 0 Å². The molecule has 0 amide bonds. The monoisotopic (exact) mass is 424 g/mol. The Balaban J connectivity index is 1.90. The summed E-state index contributed by atoms with van der Waals surface area (Å²) >= 11 is 0. The van der Waals surface area contributed by atoms with Gasteiger partial charge in [-0.2, -0.15) is 5.26 Å². The molecule has 5 nitrogen and oxygen atoms in total. The standard InChI is InChI=1S/C25H33FN4O/c1-6-17-11-24(10-15(2)21(17)31-5)12-18-8-7-16(14-27)9-19(18)25(24)29-20(22(28)30-25)13-23(3,4)26/h7-9,15,17,21H,6,10-13H2,1-5H3,(H2,28,30)/t15-,17+,21+,24+,25-/m0/s1. The van der Waals surface area contributed by atoms with Gasteiger partial charge >= 0.3 is 0 Å². The number of benzene rings is 1. The van der Waals surface area contributed by atoms with Crippen LogP contribution in [0.15, 0.2) is 28.2 Å². The van der Waals surface area contributed by atoms with Crippen LogP contribution in [-0.2, 0) is 16.8 Å². The average Bonchev–Trinajstić information content (AvgIpc) is 3.14. The van der Waals surface area contributed by atoms with Crippen LogP contribution in [0.3, 0.4) is 0 Å². The highest BCUT2D eigenvalue weighted by Crippen LogP contribution is 2.64. The second-order valence-electron chi connectivity index (χ2n) is 10.3. The zero-order valence-electron chi connectivity index (χ0n) is 19.2. The third-order valence-corrected chi connectivity index (χ3v) is 7.53. The quantitative estimate of drug-likeness (QED) is 0.762. The zero-order valence-corrected chi connectivity index (χ0v) is 19.2. The Morgan fingerprint density at radius 3 is 2.68 bits per heavy atom. The molecule has 0 aromatic heterocycles. The first-order valence-electron chi connectivity index (χ1n) is 11.3. The van der Waals surface area contributed by atoms with E-state index in [1.807, 2.05) is 18.2 Å². The van der Waals surface area contributed by atoms with Gasteiger partial charge in [-0.3, -0.25) is 4.99 Å². The summed E-state index contributed by atoms with van der Waals surface area (Å²) in [5.41, 5.74) is 7.05. The maximum atomic E-state index is 14.6. The number of fused-ring (bicyclic) bond motifs is 3. The van der Waals surface area contributed by atoms with Crippen LogP contribution in [0.25, 0.3) is 0 Å². The van der Waals surface area contributed by atoms with E-state index in [0.717, 1.165) is 36.8 Å². The van der Waals surface area contributed by atoms with Crippen molar-refractivity contribution >= 4 is 11.5 Å². The number of nitriles is 1. The van der Waals surface area contributed by atoms with E-state index in [-0.39, 0.29) is 17.9 Å². The van der Waals surface area contributed by atoms with Gasteiger partial charge in [0, 0.05) is 24.5 Å². The minimum Gasteiger partial charge on any atom is -0.382 e. The SMILES string of the molecule is CC[C@@H]1C[C@@]2(Cc3ccc(C#N)cc3[C@]23N=C(N)C(CC(C)(C)F)=N3)C[C@H](C)[C@H]1OC. The molecule has 1 heterocycles. The minimum absolute atomic E-state index is 0.126. The molecular formula is C25H33FN4O. The molecule has 1 fully saturated rings. The van der Waals surface area contributed by atoms with E-state index < -0.39 is 11.3 Å². The van der Waals surface area contributed by atoms with Crippen molar-refractivity contribution in [2.75, 3.05) is 7.11 Å². The maximum Gasteiger partial charge on any atom is 0.184 e. The Labute approximate surface area is 184 Å². The number of methoxy groups -OCH3 is 1. The van der Waals surface area contributed by atoms with Crippen LogP contribution in [0, 0.1) is 28.6 Å². The van der Waals surface area contributed by atoms with E-state index in [1.165, 1.54) is 0 Å². The molecule has 2 spiro atoms. The highest BCUT2D eigenvalue weighted by molar-refractivity contribution is 6.42. The lowest BCUT2D eigenvalue weighted by molar-refractivity contribution is -0.0796. The predicted molar refractivity (Wildman–Crippen MR) is 121 cm³/mol. The topological polar surface area (TPSA) is 83.8 Å². The Bertz CT molecular complexity index is 988. The lowest BCUT2D eigenvalue weighted by Crippen LogP contribution is -2.50. The van der Waals surface area contributed by atoms with Gasteiger partial charge in [0.25, 0.3) is 0 Å². The van der Waals surface area contributed by atoms with Crippen LogP contribution < -0.4 is 5.73 Å². The van der Waals surface area contributed by atoms with E-state index >= 15 is 0 Å². The number of rotatable bonds is 4. The maximum absolute atomic E-state index is 14.6. The summed E-state index contributed by atoms with van der Waals surface area (Å²) < 4.78 is 20.5. The molecule has 1 saturated carbocycles. The third kappa shape index (κ3) is 3.38. The Hall–Kier alpha value is -2.26. The summed E-state index contributed by atoms with van der Waals surface area (Å²) in [7, 11) is 1.80. The van der Waals surface area contributed by atoms with Gasteiger partial charge in [-0.1, -0.05) is 26.3 Å². The van der Waals surface area contributed by atoms with Gasteiger partial charge in [-0.15, -0.1) is 0 Å². The molecule has 166 valence electrons. The van der Waals surface area contributed by atoms with Gasteiger partial charge in [0.1, 0.15) is 11.5 Å². The highest BCUT2D eigenvalue weighted by Gasteiger charge is 2.63. The molecule has 1 aliphatic heterocycles. The molecular weight excluding hydrogens is 391 g/mol. The lowest BCUT2D eigenvalue weighted by atomic mass is 9.58. The number of nitrogens with two attached hydrogens (primary N) is 1. The summed E-state index contributed by atoms with van der Waals surface area (Å²) in [5.74, 6) is 1.04. The number of nitrogens with zero attached hydrogens (tertiary/aromatic N) is 3. The largest absolute Gasteiger partial charge is 0.382 e. The molecule has 31 heavy (non-hydrogen) atoms. The number of ether oxygens (including phenoxy) is 1. The Kier molecular flexibility index (Phi) is 5.25. The van der Waals surface area contributed by atoms with Crippen LogP contribution >= 0.6 is 0 Å². The van der Waals surface area contributed by atoms with E-state index in [9.17, 15) is 9.65 Å². The van der Waals surface area contributed by atoms with Crippen molar-refractivity contribution in [3.8, 4) is 6.07 Å². The number of alkyl halides is 1. The van der Waals surface area contributed by atoms with Gasteiger partial charge in [0.15, 0.2) is 5.66 Å². The first kappa shape index (κ1) is 22.0. The van der Waals surface area contributed by atoms with Crippen molar-refractivity contribution in [2.24, 2.45) is 33.0 Å². The smallest absolute Gasteiger partial charge is 0.184 e. The molecule has 0 unspecified atom stereocenters. The lowest BCUT2D eigenvalue weighted by Gasteiger charge is -2.50. The summed E-state index contributed by atoms with van der Waals surface area (Å²) in [6.45, 7) is 7.53. The summed E-state index contributed by atoms with van der Waals surface area (Å²) in [4.78, 5) is 10.1. The molecule has 1 aromatic rings. The highest BCUT2D eigenvalue weighted by atomic mass is 19.1. The number of halogens is 1. The molecule has 4 rings (SSSR count). The van der Waals surface area contributed by atoms with E-state index in [4.69, 9.17) is 20.5 Å². The molecule has 0 saturated heterocycles. The molecule has 0 radical (unpaired) electrons. The second-order valence-corrected chi connectivity index (χ2v) is 10.3. The molecule has 1 aromatic carbocycles. The fourth-order valence-electron chi connectivity index (χ4n) is 6.43. The van der Waals surface area contributed by atoms with Crippen molar-refractivity contribution in [1.82, 2.24) is 0 Å². The van der Waals surface area contributed by atoms with E-state index in [2.05, 4.69) is 19.9 Å². The molecule has 5 atom stereocenters. The van der Waals surface area contributed by atoms with Gasteiger partial charge in [0.05, 0.1) is 23.4 Å². The Morgan fingerprint density at radius 2 is 2.06 bits per heavy atom. The van der Waals surface area contributed by atoms with Crippen LogP contribution in [0.4, 0.5) is 4.39 Å². The van der Waals surface area contributed by atoms with Gasteiger partial charge < -0.3 is 10.5 Å². The first-order chi connectivity index (χ1) is 14.6. The minimum atomic E-state index is -1.43. The van der Waals surface area contributed by atoms with Crippen LogP contribution in [-0.4, -0.2) is 30.4 Å². The van der Waals surface area contributed by atoms with Crippen molar-refractivity contribution in [2.45, 2.75) is 77.2 Å². The number of hydrogen-bond donors (Lipinski definition) is 1. The zero-order chi connectivity index (χ0) is 22.6. The van der Waals surface area contributed by atoms with Gasteiger partial charge in [-0.05, 0) is 62.6 Å². The van der Waals surface area contributed by atoms with E-state index in [1.54, 1.807) is 21.0 Å². The number of aliphatic imine (C=N–C) groups is 2. The Morgan fingerprint density at radius 1 is 1.32 bits per heavy atom. The number of hydrogen-bond acceptors (Lipinski definition) is 5. The fourth-order valence-corrected chi connectivity index (χ4v) is 6.43. The predicted octanol–water partition coefficient (Wildman–Crippen LogP) is 4.67. The van der Waals surface area contributed by atoms with Crippen LogP contribution in [0.2, 0.25) is 0 Å². The first-order valence-corrected chi connectivity index (χ1v) is 11.3. The normalized spacial score (nSPS) is 34.5. The molecule has 2 aliphatic carbocycles. The van der Waals surface area contributed by atoms with Crippen molar-refractivity contribution < 1.29 is 9.13 Å². The van der Waals surface area contributed by atoms with Gasteiger partial charge in [0.2, 0.25) is 0 Å². The fraction of sp³-hybridized carbons (Fsp3) is 0.640. The summed E-state index contributed by atoms with van der Waals surface area (Å²) in [6, 6.07) is 8.07. The van der Waals surface area contributed by atoms with Gasteiger partial charge in [-0.25, -0.2) is 9.38 Å². The third-order valence-electron chi connectivity index (χ3n) is 7.53. The summed E-state index contributed by atoms with van der Waals surface area (Å²) in [5, 5.41) is 9.54. The van der Waals surface area contributed by atoms with Crippen molar-refractivity contribution in [3.05, 3.63) is 34.9 Å². The van der Waals surface area contributed by atoms with E-state index in [0.29, 0.717) is 28.9 Å². The average molecular weight is 425 g/mol. The molecule has 6 heteroatoms. The van der Waals surface area contributed by atoms with Crippen molar-refractivity contribution in [3.63, 3.8) is 0 Å². The molecule has 3 aliphatic rings. The van der Waals surface area contributed by atoms with Crippen LogP contribution in [0.1, 0.15) is 70.1 Å². The number of amidine groups is 1. The second kappa shape index (κ2) is 7.41.